The summed E-state index contributed by atoms with van der Waals surface area (Å²) in [5.41, 5.74) is 4.55. The summed E-state index contributed by atoms with van der Waals surface area (Å²) in [4.78, 5) is 14.0. The first kappa shape index (κ1) is 31.5. The van der Waals surface area contributed by atoms with Gasteiger partial charge in [0.25, 0.3) is 0 Å². The largest absolute Gasteiger partial charge is 0.493 e. The van der Waals surface area contributed by atoms with Gasteiger partial charge < -0.3 is 20.1 Å². The smallest absolute Gasteiger partial charge is 0.323 e. The summed E-state index contributed by atoms with van der Waals surface area (Å²) < 4.78 is 13.7. The van der Waals surface area contributed by atoms with Gasteiger partial charge in [0, 0.05) is 17.3 Å². The van der Waals surface area contributed by atoms with E-state index in [0.29, 0.717) is 30.3 Å². The number of methoxy groups -OCH3 is 1. The number of anilines is 2. The molecule has 7 heteroatoms. The Bertz CT molecular complexity index is 1150. The third-order valence-corrected chi connectivity index (χ3v) is 7.87. The van der Waals surface area contributed by atoms with Crippen LogP contribution in [-0.2, 0) is 6.54 Å². The molecule has 6 nitrogen and oxygen atoms in total. The molecule has 2 amide bonds. The van der Waals surface area contributed by atoms with Crippen LogP contribution in [0.2, 0.25) is 0 Å². The Balaban J connectivity index is 1.36. The zero-order valence-corrected chi connectivity index (χ0v) is 25.5. The molecule has 0 radical (unpaired) electrons. The van der Waals surface area contributed by atoms with Gasteiger partial charge in [0.05, 0.1) is 24.3 Å². The van der Waals surface area contributed by atoms with Gasteiger partial charge in [-0.05, 0) is 31.5 Å². The zero-order chi connectivity index (χ0) is 28.4. The lowest BCUT2D eigenvalue weighted by Crippen LogP contribution is -2.31. The first-order valence-electron chi connectivity index (χ1n) is 15.0. The summed E-state index contributed by atoms with van der Waals surface area (Å²) in [6, 6.07) is 13.1. The van der Waals surface area contributed by atoms with Gasteiger partial charge in [-0.2, -0.15) is 4.57 Å². The Morgan fingerprint density at radius 2 is 1.52 bits per heavy atom. The van der Waals surface area contributed by atoms with E-state index in [1.807, 2.05) is 36.4 Å². The van der Waals surface area contributed by atoms with E-state index >= 15 is 0 Å². The Kier molecular flexibility index (Phi) is 14.4. The maximum absolute atomic E-state index is 12.8. The van der Waals surface area contributed by atoms with E-state index in [1.165, 1.54) is 75.5 Å². The van der Waals surface area contributed by atoms with Crippen molar-refractivity contribution < 1.29 is 18.8 Å². The van der Waals surface area contributed by atoms with Crippen LogP contribution in [0.4, 0.5) is 16.2 Å². The van der Waals surface area contributed by atoms with E-state index in [-0.39, 0.29) is 6.03 Å². The molecule has 0 atom stereocenters. The summed E-state index contributed by atoms with van der Waals surface area (Å²) in [6.45, 7) is 5.72. The average Bonchev–Trinajstić information content (AvgIpc) is 3.37. The quantitative estimate of drug-likeness (QED) is 0.112. The molecule has 0 aliphatic rings. The standard InChI is InChI=1S/C33H47N3O3S/c1-4-5-6-7-8-9-10-11-12-13-14-17-22-39-31-21-20-29(23-32(31)38-3)34-33(37)35-30-19-16-15-18-28(30)25-36-24-27(2)40-26-36/h15-16,18-21,23-24,26H,4-14,17,22,25H2,1-3H3,(H-,34,35,37)/p+1. The molecule has 40 heavy (non-hydrogen) atoms. The number of amides is 2. The molecule has 0 unspecified atom stereocenters. The number of urea groups is 1. The van der Waals surface area contributed by atoms with E-state index in [2.05, 4.69) is 40.8 Å². The van der Waals surface area contributed by atoms with Gasteiger partial charge >= 0.3 is 6.03 Å². The third kappa shape index (κ3) is 11.6. The van der Waals surface area contributed by atoms with Gasteiger partial charge in [-0.25, -0.2) is 4.79 Å². The summed E-state index contributed by atoms with van der Waals surface area (Å²) >= 11 is 1.70. The highest BCUT2D eigenvalue weighted by Gasteiger charge is 2.13. The lowest BCUT2D eigenvalue weighted by Gasteiger charge is -2.14. The van der Waals surface area contributed by atoms with Crippen LogP contribution >= 0.6 is 11.3 Å². The number of rotatable bonds is 19. The van der Waals surface area contributed by atoms with Crippen molar-refractivity contribution in [1.82, 2.24) is 0 Å². The number of ether oxygens (including phenoxy) is 2. The number of para-hydroxylation sites is 1. The van der Waals surface area contributed by atoms with Crippen molar-refractivity contribution in [2.75, 3.05) is 24.4 Å². The molecule has 1 aromatic heterocycles. The van der Waals surface area contributed by atoms with Crippen LogP contribution in [-0.4, -0.2) is 19.7 Å². The fraction of sp³-hybridized carbons (Fsp3) is 0.515. The molecule has 2 N–H and O–H groups in total. The predicted molar refractivity (Wildman–Crippen MR) is 167 cm³/mol. The number of hydrogen-bond acceptors (Lipinski definition) is 4. The summed E-state index contributed by atoms with van der Waals surface area (Å²) in [6.07, 6.45) is 17.9. The normalized spacial score (nSPS) is 10.9. The van der Waals surface area contributed by atoms with Gasteiger partial charge in [-0.15, -0.1) is 0 Å². The van der Waals surface area contributed by atoms with Gasteiger partial charge in [0.15, 0.2) is 24.2 Å². The number of nitrogens with one attached hydrogen (secondary N) is 2. The number of thiazole rings is 1. The van der Waals surface area contributed by atoms with E-state index in [4.69, 9.17) is 9.47 Å². The third-order valence-electron chi connectivity index (χ3n) is 7.02. The van der Waals surface area contributed by atoms with Crippen molar-refractivity contribution >= 4 is 28.7 Å². The Morgan fingerprint density at radius 3 is 2.17 bits per heavy atom. The number of carbonyl (C=O) groups excluding carboxylic acids is 1. The number of hydrogen-bond donors (Lipinski definition) is 2. The number of nitrogens with zero attached hydrogens (tertiary/aromatic N) is 1. The molecule has 0 aliphatic carbocycles. The van der Waals surface area contributed by atoms with Gasteiger partial charge in [0.1, 0.15) is 0 Å². The molecule has 0 saturated carbocycles. The molecule has 2 aromatic carbocycles. The van der Waals surface area contributed by atoms with Crippen molar-refractivity contribution in [3.63, 3.8) is 0 Å². The molecule has 0 bridgehead atoms. The van der Waals surface area contributed by atoms with Crippen LogP contribution in [0.15, 0.2) is 54.2 Å². The number of aromatic nitrogens is 1. The fourth-order valence-corrected chi connectivity index (χ4v) is 5.41. The summed E-state index contributed by atoms with van der Waals surface area (Å²) in [7, 11) is 1.62. The molecule has 0 aliphatic heterocycles. The van der Waals surface area contributed by atoms with Crippen molar-refractivity contribution in [2.45, 2.75) is 97.4 Å². The van der Waals surface area contributed by atoms with Crippen molar-refractivity contribution in [3.8, 4) is 11.5 Å². The van der Waals surface area contributed by atoms with E-state index in [9.17, 15) is 4.79 Å². The number of benzene rings is 2. The lowest BCUT2D eigenvalue weighted by atomic mass is 10.1. The zero-order valence-electron chi connectivity index (χ0n) is 24.7. The van der Waals surface area contributed by atoms with Crippen molar-refractivity contribution in [1.29, 1.82) is 0 Å². The average molecular weight is 567 g/mol. The van der Waals surface area contributed by atoms with Crippen LogP contribution in [0.3, 0.4) is 0 Å². The SMILES string of the molecule is CCCCCCCCCCCCCCOc1ccc(NC(=O)Nc2ccccc2C[n+]2csc(C)c2)cc1OC. The minimum atomic E-state index is -0.300. The second-order valence-corrected chi connectivity index (χ2v) is 11.6. The highest BCUT2D eigenvalue weighted by molar-refractivity contribution is 7.09. The molecule has 3 rings (SSSR count). The second kappa shape index (κ2) is 18.3. The molecule has 0 fully saturated rings. The molecule has 1 heterocycles. The first-order chi connectivity index (χ1) is 19.6. The fourth-order valence-electron chi connectivity index (χ4n) is 4.78. The van der Waals surface area contributed by atoms with Crippen molar-refractivity contribution in [2.24, 2.45) is 0 Å². The molecule has 218 valence electrons. The van der Waals surface area contributed by atoms with Gasteiger partial charge in [-0.3, -0.25) is 0 Å². The van der Waals surface area contributed by atoms with E-state index in [1.54, 1.807) is 24.5 Å². The summed E-state index contributed by atoms with van der Waals surface area (Å²) in [5.74, 6) is 1.31. The molecule has 0 spiro atoms. The first-order valence-corrected chi connectivity index (χ1v) is 15.9. The molecular formula is C33H48N3O3S+. The molecule has 0 saturated heterocycles. The topological polar surface area (TPSA) is 63.5 Å². The Labute approximate surface area is 245 Å². The number of aryl methyl sites for hydroxylation is 1. The Morgan fingerprint density at radius 1 is 0.850 bits per heavy atom. The lowest BCUT2D eigenvalue weighted by molar-refractivity contribution is -0.683. The van der Waals surface area contributed by atoms with Gasteiger partial charge in [0.2, 0.25) is 5.51 Å². The van der Waals surface area contributed by atoms with Crippen LogP contribution in [0.25, 0.3) is 0 Å². The van der Waals surface area contributed by atoms with Crippen LogP contribution < -0.4 is 24.7 Å². The van der Waals surface area contributed by atoms with Crippen LogP contribution in [0.5, 0.6) is 11.5 Å². The van der Waals surface area contributed by atoms with E-state index < -0.39 is 0 Å². The molecule has 3 aromatic rings. The van der Waals surface area contributed by atoms with Crippen molar-refractivity contribution in [3.05, 3.63) is 64.6 Å². The monoisotopic (exact) mass is 566 g/mol. The second-order valence-electron chi connectivity index (χ2n) is 10.5. The Hall–Kier alpha value is -3.06. The highest BCUT2D eigenvalue weighted by Crippen LogP contribution is 2.30. The van der Waals surface area contributed by atoms with Crippen LogP contribution in [0, 0.1) is 6.92 Å². The maximum atomic E-state index is 12.8. The molecular weight excluding hydrogens is 518 g/mol. The maximum Gasteiger partial charge on any atom is 0.323 e. The summed E-state index contributed by atoms with van der Waals surface area (Å²) in [5, 5.41) is 5.90. The number of carbonyl (C=O) groups is 1. The highest BCUT2D eigenvalue weighted by atomic mass is 32.1. The minimum Gasteiger partial charge on any atom is -0.493 e. The minimum absolute atomic E-state index is 0.300. The van der Waals surface area contributed by atoms with Gasteiger partial charge in [-0.1, -0.05) is 107 Å². The van der Waals surface area contributed by atoms with E-state index in [0.717, 1.165) is 17.7 Å². The number of unbranched alkanes of at least 4 members (excludes halogenated alkanes) is 11. The van der Waals surface area contributed by atoms with Crippen LogP contribution in [0.1, 0.15) is 94.4 Å². The predicted octanol–water partition coefficient (Wildman–Crippen LogP) is 9.12.